The van der Waals surface area contributed by atoms with Gasteiger partial charge in [0.1, 0.15) is 0 Å². The lowest BCUT2D eigenvalue weighted by molar-refractivity contribution is 0.769. The van der Waals surface area contributed by atoms with Crippen LogP contribution in [0, 0.1) is 0 Å². The highest BCUT2D eigenvalue weighted by molar-refractivity contribution is 6.12. The fourth-order valence-corrected chi connectivity index (χ4v) is 10.6. The first-order chi connectivity index (χ1) is 32.9. The number of hydrogen-bond acceptors (Lipinski definition) is 0. The van der Waals surface area contributed by atoms with Crippen molar-refractivity contribution in [3.05, 3.63) is 275 Å². The van der Waals surface area contributed by atoms with E-state index < -0.39 is 5.41 Å². The van der Waals surface area contributed by atoms with Crippen molar-refractivity contribution in [3.63, 3.8) is 0 Å². The summed E-state index contributed by atoms with van der Waals surface area (Å²) in [6.07, 6.45) is 10.9. The molecule has 0 saturated carbocycles. The van der Waals surface area contributed by atoms with Crippen LogP contribution in [0.25, 0.3) is 55.3 Å². The van der Waals surface area contributed by atoms with Crippen LogP contribution < -0.4 is 0 Å². The molecule has 0 amide bonds. The van der Waals surface area contributed by atoms with Gasteiger partial charge in [-0.05, 0) is 142 Å². The van der Waals surface area contributed by atoms with Crippen LogP contribution in [0.3, 0.4) is 0 Å². The highest BCUT2D eigenvalue weighted by Gasteiger charge is 2.46. The van der Waals surface area contributed by atoms with Crippen LogP contribution in [0.1, 0.15) is 92.0 Å². The largest absolute Gasteiger partial charge is 0.309 e. The molecule has 12 rings (SSSR count). The van der Waals surface area contributed by atoms with Crippen molar-refractivity contribution >= 4 is 27.4 Å². The molecule has 9 aromatic rings. The SMILES string of the molecule is C=C(C)C1=CC=CCC1.C=C(C)c1ccccc1.CC.CCc1cccc2c1Cc1ccc(-n3c4ccccc4c4cc5c(cc43)-c3ccccc3C5(c3ccccc3)c3ccccc3)cc1-2. The highest BCUT2D eigenvalue weighted by atomic mass is 15.0. The summed E-state index contributed by atoms with van der Waals surface area (Å²) in [5.74, 6) is 0. The number of aromatic nitrogens is 1. The van der Waals surface area contributed by atoms with Gasteiger partial charge >= 0.3 is 0 Å². The summed E-state index contributed by atoms with van der Waals surface area (Å²) in [5.41, 5.74) is 23.3. The summed E-state index contributed by atoms with van der Waals surface area (Å²) in [7, 11) is 0. The van der Waals surface area contributed by atoms with Gasteiger partial charge < -0.3 is 4.57 Å². The average Bonchev–Trinajstić information content (AvgIpc) is 4.03. The molecule has 3 aliphatic carbocycles. The standard InChI is InChI=1S/C46H33N.C9H12.C9H10.C2H6/c1-2-30-14-13-21-35-38(30)26-31-24-25-34(27-39(31)35)47-44-23-12-10-20-37(44)41-28-43-40(29-45(41)47)36-19-9-11-22-42(36)46(43,32-15-5-3-6-16-32)33-17-7-4-8-18-33;2*1-8(2)9-6-4-3-5-7-9;1-2/h3-25,27-29H,2,26H2,1H3;3-4,6H,1,5,7H2,2H3;3-7H,1H2,2H3;1-2H3. The molecule has 8 aromatic carbocycles. The van der Waals surface area contributed by atoms with Crippen molar-refractivity contribution < 1.29 is 0 Å². The van der Waals surface area contributed by atoms with E-state index in [4.69, 9.17) is 0 Å². The predicted octanol–water partition coefficient (Wildman–Crippen LogP) is 17.9. The molecular formula is C66H61N. The lowest BCUT2D eigenvalue weighted by atomic mass is 9.67. The molecule has 0 fully saturated rings. The number of para-hydroxylation sites is 1. The van der Waals surface area contributed by atoms with Crippen LogP contribution in [0.2, 0.25) is 0 Å². The maximum absolute atomic E-state index is 3.88. The van der Waals surface area contributed by atoms with E-state index in [0.29, 0.717) is 0 Å². The number of allylic oxidation sites excluding steroid dienone is 6. The Bertz CT molecular complexity index is 3260. The first-order valence-corrected chi connectivity index (χ1v) is 24.1. The van der Waals surface area contributed by atoms with Crippen molar-refractivity contribution in [3.8, 4) is 27.9 Å². The summed E-state index contributed by atoms with van der Waals surface area (Å²) in [5, 5.41) is 2.57. The third-order valence-electron chi connectivity index (χ3n) is 13.7. The molecule has 0 bridgehead atoms. The van der Waals surface area contributed by atoms with Crippen LogP contribution in [-0.4, -0.2) is 4.57 Å². The quantitative estimate of drug-likeness (QED) is 0.157. The van der Waals surface area contributed by atoms with Crippen molar-refractivity contribution in [2.24, 2.45) is 0 Å². The van der Waals surface area contributed by atoms with E-state index >= 15 is 0 Å². The van der Waals surface area contributed by atoms with Crippen molar-refractivity contribution in [1.82, 2.24) is 4.57 Å². The van der Waals surface area contributed by atoms with Gasteiger partial charge in [-0.2, -0.15) is 0 Å². The predicted molar refractivity (Wildman–Crippen MR) is 289 cm³/mol. The molecule has 0 aliphatic heterocycles. The zero-order chi connectivity index (χ0) is 46.5. The van der Waals surface area contributed by atoms with E-state index in [-0.39, 0.29) is 0 Å². The summed E-state index contributed by atoms with van der Waals surface area (Å²) in [4.78, 5) is 0. The van der Waals surface area contributed by atoms with Gasteiger partial charge in [-0.3, -0.25) is 0 Å². The summed E-state index contributed by atoms with van der Waals surface area (Å²) in [6.45, 7) is 18.0. The molecule has 1 heteroatoms. The van der Waals surface area contributed by atoms with Gasteiger partial charge in [-0.25, -0.2) is 0 Å². The van der Waals surface area contributed by atoms with Gasteiger partial charge in [0.05, 0.1) is 16.4 Å². The minimum Gasteiger partial charge on any atom is -0.309 e. The Kier molecular flexibility index (Phi) is 13.0. The van der Waals surface area contributed by atoms with E-state index in [2.05, 4.69) is 220 Å². The second-order valence-electron chi connectivity index (χ2n) is 17.7. The second-order valence-corrected chi connectivity index (χ2v) is 17.7. The molecule has 1 aromatic heterocycles. The Balaban J connectivity index is 0.000000234. The van der Waals surface area contributed by atoms with Crippen molar-refractivity contribution in [1.29, 1.82) is 0 Å². The van der Waals surface area contributed by atoms with Crippen LogP contribution in [0.4, 0.5) is 0 Å². The maximum atomic E-state index is 3.88. The number of benzene rings is 8. The average molecular weight is 868 g/mol. The first kappa shape index (κ1) is 44.7. The van der Waals surface area contributed by atoms with Gasteiger partial charge in [0.2, 0.25) is 0 Å². The number of rotatable bonds is 6. The number of fused-ring (bicyclic) bond motifs is 9. The lowest BCUT2D eigenvalue weighted by Crippen LogP contribution is -2.28. The molecule has 0 unspecified atom stereocenters. The van der Waals surface area contributed by atoms with Crippen molar-refractivity contribution in [2.45, 2.75) is 65.7 Å². The van der Waals surface area contributed by atoms with Crippen LogP contribution >= 0.6 is 0 Å². The van der Waals surface area contributed by atoms with Gasteiger partial charge in [0, 0.05) is 16.5 Å². The molecule has 1 heterocycles. The molecule has 0 N–H and O–H groups in total. The molecular weight excluding hydrogens is 807 g/mol. The zero-order valence-electron chi connectivity index (χ0n) is 39.8. The summed E-state index contributed by atoms with van der Waals surface area (Å²) < 4.78 is 2.50. The summed E-state index contributed by atoms with van der Waals surface area (Å²) >= 11 is 0. The molecule has 0 saturated heterocycles. The topological polar surface area (TPSA) is 4.93 Å². The van der Waals surface area contributed by atoms with Crippen LogP contribution in [-0.2, 0) is 18.3 Å². The number of nitrogens with zero attached hydrogens (tertiary/aromatic N) is 1. The Labute approximate surface area is 398 Å². The number of aryl methyl sites for hydroxylation is 1. The third kappa shape index (κ3) is 8.14. The fourth-order valence-electron chi connectivity index (χ4n) is 10.6. The van der Waals surface area contributed by atoms with Gasteiger partial charge in [0.25, 0.3) is 0 Å². The van der Waals surface area contributed by atoms with E-state index in [0.717, 1.165) is 18.4 Å². The molecule has 0 atom stereocenters. The summed E-state index contributed by atoms with van der Waals surface area (Å²) in [6, 6.07) is 69.3. The third-order valence-corrected chi connectivity index (χ3v) is 13.7. The minimum atomic E-state index is -0.417. The molecule has 1 nitrogen and oxygen atoms in total. The Morgan fingerprint density at radius 1 is 0.552 bits per heavy atom. The molecule has 0 radical (unpaired) electrons. The first-order valence-electron chi connectivity index (χ1n) is 24.1. The normalized spacial score (nSPS) is 13.3. The van der Waals surface area contributed by atoms with Gasteiger partial charge in [-0.1, -0.05) is 221 Å². The molecule has 0 spiro atoms. The Morgan fingerprint density at radius 2 is 1.19 bits per heavy atom. The minimum absolute atomic E-state index is 0.417. The van der Waals surface area contributed by atoms with Crippen LogP contribution in [0.15, 0.2) is 231 Å². The molecule has 67 heavy (non-hydrogen) atoms. The van der Waals surface area contributed by atoms with Gasteiger partial charge in [-0.15, -0.1) is 0 Å². The smallest absolute Gasteiger partial charge is 0.0713 e. The number of hydrogen-bond donors (Lipinski definition) is 0. The zero-order valence-corrected chi connectivity index (χ0v) is 39.8. The van der Waals surface area contributed by atoms with E-state index in [9.17, 15) is 0 Å². The van der Waals surface area contributed by atoms with Gasteiger partial charge in [0.15, 0.2) is 0 Å². The molecule has 330 valence electrons. The van der Waals surface area contributed by atoms with E-state index in [1.807, 2.05) is 39.0 Å². The Hall–Kier alpha value is -7.48. The van der Waals surface area contributed by atoms with E-state index in [1.165, 1.54) is 118 Å². The highest BCUT2D eigenvalue weighted by Crippen LogP contribution is 2.57. The fraction of sp³-hybridized carbons (Fsp3) is 0.152. The van der Waals surface area contributed by atoms with E-state index in [1.54, 1.807) is 0 Å². The monoisotopic (exact) mass is 867 g/mol. The van der Waals surface area contributed by atoms with Crippen molar-refractivity contribution in [2.75, 3.05) is 0 Å². The second kappa shape index (κ2) is 19.5. The maximum Gasteiger partial charge on any atom is 0.0713 e. The Morgan fingerprint density at radius 3 is 1.82 bits per heavy atom. The molecule has 3 aliphatic rings. The lowest BCUT2D eigenvalue weighted by Gasteiger charge is -2.33. The van der Waals surface area contributed by atoms with Crippen LogP contribution in [0.5, 0.6) is 0 Å².